The average Bonchev–Trinajstić information content (AvgIpc) is 2.48. The maximum atomic E-state index is 14.1. The van der Waals surface area contributed by atoms with Gasteiger partial charge in [-0.3, -0.25) is 4.79 Å². The molecule has 5 heteroatoms. The summed E-state index contributed by atoms with van der Waals surface area (Å²) in [5.74, 6) is 3.43. The van der Waals surface area contributed by atoms with E-state index < -0.39 is 23.0 Å². The Labute approximate surface area is 139 Å². The standard InChI is InChI=1S/C19H17F2NO2/c1-19(2,3)18(24)22-17-13(10-14(20)11-16(17)21)7-4-12-5-8-15(23)9-6-12/h5-6,8-11,23H,1-3H3,(H,22,24). The fourth-order valence-electron chi connectivity index (χ4n) is 1.78. The Morgan fingerprint density at radius 1 is 1.08 bits per heavy atom. The molecule has 0 aliphatic carbocycles. The monoisotopic (exact) mass is 329 g/mol. The number of benzene rings is 2. The lowest BCUT2D eigenvalue weighted by Gasteiger charge is -2.18. The van der Waals surface area contributed by atoms with Gasteiger partial charge in [0.25, 0.3) is 0 Å². The molecule has 1 amide bonds. The molecule has 0 unspecified atom stereocenters. The zero-order chi connectivity index (χ0) is 17.9. The first-order valence-corrected chi connectivity index (χ1v) is 7.28. The lowest BCUT2D eigenvalue weighted by atomic mass is 9.95. The lowest BCUT2D eigenvalue weighted by molar-refractivity contribution is -0.123. The first-order chi connectivity index (χ1) is 11.2. The first kappa shape index (κ1) is 17.5. The van der Waals surface area contributed by atoms with Crippen molar-refractivity contribution >= 4 is 11.6 Å². The maximum Gasteiger partial charge on any atom is 0.229 e. The zero-order valence-corrected chi connectivity index (χ0v) is 13.6. The van der Waals surface area contributed by atoms with Crippen LogP contribution in [0.2, 0.25) is 0 Å². The number of anilines is 1. The Morgan fingerprint density at radius 2 is 1.71 bits per heavy atom. The van der Waals surface area contributed by atoms with Gasteiger partial charge in [0.05, 0.1) is 11.3 Å². The summed E-state index contributed by atoms with van der Waals surface area (Å²) in [6, 6.07) is 7.83. The number of carbonyl (C=O) groups excluding carboxylic acids is 1. The molecule has 124 valence electrons. The lowest BCUT2D eigenvalue weighted by Crippen LogP contribution is -2.28. The molecule has 0 atom stereocenters. The predicted molar refractivity (Wildman–Crippen MR) is 88.5 cm³/mol. The molecule has 24 heavy (non-hydrogen) atoms. The third-order valence-corrected chi connectivity index (χ3v) is 3.18. The number of nitrogens with one attached hydrogen (secondary N) is 1. The van der Waals surface area contributed by atoms with E-state index in [2.05, 4.69) is 17.2 Å². The van der Waals surface area contributed by atoms with E-state index in [1.807, 2.05) is 0 Å². The van der Waals surface area contributed by atoms with Gasteiger partial charge in [0.15, 0.2) is 5.82 Å². The largest absolute Gasteiger partial charge is 0.508 e. The number of carbonyl (C=O) groups is 1. The van der Waals surface area contributed by atoms with Crippen molar-refractivity contribution in [2.45, 2.75) is 20.8 Å². The van der Waals surface area contributed by atoms with E-state index in [1.54, 1.807) is 32.9 Å². The van der Waals surface area contributed by atoms with E-state index in [1.165, 1.54) is 12.1 Å². The quantitative estimate of drug-likeness (QED) is 0.775. The van der Waals surface area contributed by atoms with Gasteiger partial charge in [0.1, 0.15) is 11.6 Å². The number of aromatic hydroxyl groups is 1. The highest BCUT2D eigenvalue weighted by Crippen LogP contribution is 2.24. The second-order valence-corrected chi connectivity index (χ2v) is 6.31. The molecular formula is C19H17F2NO2. The van der Waals surface area contributed by atoms with Gasteiger partial charge in [-0.15, -0.1) is 0 Å². The molecule has 0 aromatic heterocycles. The van der Waals surface area contributed by atoms with Crippen molar-refractivity contribution in [2.24, 2.45) is 5.41 Å². The fraction of sp³-hybridized carbons (Fsp3) is 0.211. The molecule has 2 aromatic rings. The summed E-state index contributed by atoms with van der Waals surface area (Å²) < 4.78 is 27.6. The zero-order valence-electron chi connectivity index (χ0n) is 13.6. The van der Waals surface area contributed by atoms with Gasteiger partial charge in [-0.05, 0) is 30.3 Å². The number of amides is 1. The van der Waals surface area contributed by atoms with Gasteiger partial charge in [-0.25, -0.2) is 8.78 Å². The minimum atomic E-state index is -0.886. The van der Waals surface area contributed by atoms with Crippen LogP contribution >= 0.6 is 0 Å². The highest BCUT2D eigenvalue weighted by atomic mass is 19.1. The minimum absolute atomic E-state index is 0.0400. The first-order valence-electron chi connectivity index (χ1n) is 7.28. The van der Waals surface area contributed by atoms with E-state index in [0.29, 0.717) is 11.6 Å². The van der Waals surface area contributed by atoms with Crippen molar-refractivity contribution in [3.63, 3.8) is 0 Å². The number of phenolic OH excluding ortho intramolecular Hbond substituents is 1. The summed E-state index contributed by atoms with van der Waals surface area (Å²) in [5.41, 5.74) is -0.283. The number of hydrogen-bond donors (Lipinski definition) is 2. The number of hydrogen-bond acceptors (Lipinski definition) is 2. The third kappa shape index (κ3) is 4.32. The van der Waals surface area contributed by atoms with Crippen LogP contribution < -0.4 is 5.32 Å². The topological polar surface area (TPSA) is 49.3 Å². The summed E-state index contributed by atoms with van der Waals surface area (Å²) in [6.07, 6.45) is 0. The van der Waals surface area contributed by atoms with Crippen LogP contribution in [0.1, 0.15) is 31.9 Å². The van der Waals surface area contributed by atoms with E-state index in [-0.39, 0.29) is 17.0 Å². The third-order valence-electron chi connectivity index (χ3n) is 3.18. The Kier molecular flexibility index (Phi) is 4.89. The van der Waals surface area contributed by atoms with Gasteiger partial charge >= 0.3 is 0 Å². The van der Waals surface area contributed by atoms with Crippen LogP contribution in [0.4, 0.5) is 14.5 Å². The molecule has 0 saturated carbocycles. The van der Waals surface area contributed by atoms with Crippen molar-refractivity contribution in [2.75, 3.05) is 5.32 Å². The molecule has 0 aliphatic heterocycles. The van der Waals surface area contributed by atoms with Crippen molar-refractivity contribution < 1.29 is 18.7 Å². The Hall–Kier alpha value is -2.87. The second-order valence-electron chi connectivity index (χ2n) is 6.31. The molecule has 2 rings (SSSR count). The number of phenols is 1. The molecule has 0 spiro atoms. The van der Waals surface area contributed by atoms with Crippen LogP contribution in [-0.4, -0.2) is 11.0 Å². The second kappa shape index (κ2) is 6.71. The summed E-state index contributed by atoms with van der Waals surface area (Å²) in [4.78, 5) is 12.1. The highest BCUT2D eigenvalue weighted by Gasteiger charge is 2.23. The van der Waals surface area contributed by atoms with Gasteiger partial charge in [0.2, 0.25) is 5.91 Å². The van der Waals surface area contributed by atoms with Crippen LogP contribution in [0.25, 0.3) is 0 Å². The number of rotatable bonds is 1. The van der Waals surface area contributed by atoms with Gasteiger partial charge < -0.3 is 10.4 Å². The Bertz CT molecular complexity index is 825. The van der Waals surface area contributed by atoms with E-state index in [4.69, 9.17) is 0 Å². The molecular weight excluding hydrogens is 312 g/mol. The normalized spacial score (nSPS) is 10.7. The van der Waals surface area contributed by atoms with Crippen LogP contribution in [-0.2, 0) is 4.79 Å². The van der Waals surface area contributed by atoms with Crippen LogP contribution in [0.5, 0.6) is 5.75 Å². The van der Waals surface area contributed by atoms with Gasteiger partial charge in [-0.2, -0.15) is 0 Å². The van der Waals surface area contributed by atoms with Crippen molar-refractivity contribution in [3.05, 3.63) is 59.2 Å². The van der Waals surface area contributed by atoms with Crippen molar-refractivity contribution in [3.8, 4) is 17.6 Å². The Morgan fingerprint density at radius 3 is 2.29 bits per heavy atom. The SMILES string of the molecule is CC(C)(C)C(=O)Nc1c(F)cc(F)cc1C#Cc1ccc(O)cc1. The molecule has 0 bridgehead atoms. The maximum absolute atomic E-state index is 14.1. The molecule has 0 fully saturated rings. The van der Waals surface area contributed by atoms with Crippen LogP contribution in [0.3, 0.4) is 0 Å². The molecule has 0 aliphatic rings. The van der Waals surface area contributed by atoms with Crippen LogP contribution in [0.15, 0.2) is 36.4 Å². The van der Waals surface area contributed by atoms with Gasteiger partial charge in [-0.1, -0.05) is 32.6 Å². The van der Waals surface area contributed by atoms with Gasteiger partial charge in [0, 0.05) is 17.0 Å². The van der Waals surface area contributed by atoms with E-state index >= 15 is 0 Å². The molecule has 3 nitrogen and oxygen atoms in total. The van der Waals surface area contributed by atoms with Crippen molar-refractivity contribution in [1.82, 2.24) is 0 Å². The molecule has 2 aromatic carbocycles. The average molecular weight is 329 g/mol. The fourth-order valence-corrected chi connectivity index (χ4v) is 1.78. The number of halogens is 2. The van der Waals surface area contributed by atoms with Crippen molar-refractivity contribution in [1.29, 1.82) is 0 Å². The highest BCUT2D eigenvalue weighted by molar-refractivity contribution is 5.95. The Balaban J connectivity index is 2.42. The predicted octanol–water partition coefficient (Wildman–Crippen LogP) is 4.05. The molecule has 0 heterocycles. The van der Waals surface area contributed by atoms with Crippen LogP contribution in [0, 0.1) is 28.9 Å². The summed E-state index contributed by atoms with van der Waals surface area (Å²) >= 11 is 0. The molecule has 0 saturated heterocycles. The summed E-state index contributed by atoms with van der Waals surface area (Å²) in [6.45, 7) is 5.06. The molecule has 2 N–H and O–H groups in total. The summed E-state index contributed by atoms with van der Waals surface area (Å²) in [5, 5.41) is 11.7. The summed E-state index contributed by atoms with van der Waals surface area (Å²) in [7, 11) is 0. The smallest absolute Gasteiger partial charge is 0.229 e. The van der Waals surface area contributed by atoms with E-state index in [0.717, 1.165) is 6.07 Å². The molecule has 0 radical (unpaired) electrons. The minimum Gasteiger partial charge on any atom is -0.508 e. The van der Waals surface area contributed by atoms with E-state index in [9.17, 15) is 18.7 Å².